The van der Waals surface area contributed by atoms with Crippen molar-refractivity contribution >= 4 is 10.0 Å². The van der Waals surface area contributed by atoms with E-state index in [0.717, 1.165) is 25.8 Å². The highest BCUT2D eigenvalue weighted by molar-refractivity contribution is 7.89. The van der Waals surface area contributed by atoms with E-state index in [1.807, 2.05) is 0 Å². The van der Waals surface area contributed by atoms with Crippen LogP contribution < -0.4 is 0 Å². The number of hydrogen-bond donors (Lipinski definition) is 0. The Morgan fingerprint density at radius 2 is 1.80 bits per heavy atom. The highest BCUT2D eigenvalue weighted by atomic mass is 32.2. The van der Waals surface area contributed by atoms with E-state index in [1.165, 1.54) is 0 Å². The topological polar surface area (TPSA) is 37.4 Å². The second-order valence-electron chi connectivity index (χ2n) is 4.88. The summed E-state index contributed by atoms with van der Waals surface area (Å²) in [6.45, 7) is 9.27. The van der Waals surface area contributed by atoms with E-state index in [9.17, 15) is 8.42 Å². The largest absolute Gasteiger partial charge is 0.216 e. The maximum atomic E-state index is 12.0. The smallest absolute Gasteiger partial charge is 0.212 e. The highest BCUT2D eigenvalue weighted by Gasteiger charge is 2.40. The summed E-state index contributed by atoms with van der Waals surface area (Å²) in [5.41, 5.74) is 0.238. The first kappa shape index (κ1) is 13.0. The van der Waals surface area contributed by atoms with Crippen LogP contribution in [0.4, 0.5) is 0 Å². The Hall–Kier alpha value is -0.0900. The third-order valence-electron chi connectivity index (χ3n) is 3.86. The van der Waals surface area contributed by atoms with Crippen LogP contribution in [-0.2, 0) is 10.0 Å². The zero-order chi connectivity index (χ0) is 11.7. The number of hydrogen-bond acceptors (Lipinski definition) is 2. The Morgan fingerprint density at radius 1 is 1.27 bits per heavy atom. The molecule has 0 unspecified atom stereocenters. The van der Waals surface area contributed by atoms with Crippen LogP contribution >= 0.6 is 0 Å². The molecule has 0 saturated carbocycles. The zero-order valence-electron chi connectivity index (χ0n) is 10.3. The number of sulfonamides is 1. The van der Waals surface area contributed by atoms with Gasteiger partial charge in [-0.1, -0.05) is 13.8 Å². The molecule has 1 rings (SSSR count). The molecule has 0 spiro atoms. The predicted octanol–water partition coefficient (Wildman–Crippen LogP) is 2.24. The van der Waals surface area contributed by atoms with Crippen LogP contribution in [0, 0.1) is 5.41 Å². The van der Waals surface area contributed by atoms with Gasteiger partial charge in [-0.05, 0) is 38.5 Å². The van der Waals surface area contributed by atoms with Gasteiger partial charge in [0.15, 0.2) is 0 Å². The van der Waals surface area contributed by atoms with Gasteiger partial charge in [-0.15, -0.1) is 0 Å². The van der Waals surface area contributed by atoms with E-state index in [1.54, 1.807) is 18.2 Å². The van der Waals surface area contributed by atoms with Crippen molar-refractivity contribution in [3.63, 3.8) is 0 Å². The second-order valence-corrected chi connectivity index (χ2v) is 7.37. The van der Waals surface area contributed by atoms with Gasteiger partial charge in [-0.25, -0.2) is 12.7 Å². The lowest BCUT2D eigenvalue weighted by Gasteiger charge is -2.26. The fourth-order valence-electron chi connectivity index (χ4n) is 2.24. The van der Waals surface area contributed by atoms with Gasteiger partial charge in [0, 0.05) is 13.1 Å². The lowest BCUT2D eigenvalue weighted by molar-refractivity contribution is 0.279. The molecule has 0 bridgehead atoms. The Bertz CT molecular complexity index is 305. The summed E-state index contributed by atoms with van der Waals surface area (Å²) in [5.74, 6) is 0. The Kier molecular flexibility index (Phi) is 3.82. The molecule has 0 aliphatic carbocycles. The van der Waals surface area contributed by atoms with Crippen LogP contribution in [0.5, 0.6) is 0 Å². The van der Waals surface area contributed by atoms with Crippen LogP contribution in [0.25, 0.3) is 0 Å². The third kappa shape index (κ3) is 2.36. The molecule has 1 heterocycles. The summed E-state index contributed by atoms with van der Waals surface area (Å²) in [6, 6.07) is 0. The first-order valence-corrected chi connectivity index (χ1v) is 7.37. The molecule has 0 atom stereocenters. The van der Waals surface area contributed by atoms with Crippen molar-refractivity contribution < 1.29 is 8.42 Å². The van der Waals surface area contributed by atoms with Gasteiger partial charge >= 0.3 is 0 Å². The molecule has 1 aliphatic heterocycles. The van der Waals surface area contributed by atoms with E-state index in [4.69, 9.17) is 0 Å². The van der Waals surface area contributed by atoms with Crippen molar-refractivity contribution in [2.75, 3.05) is 13.1 Å². The molecule has 1 fully saturated rings. The van der Waals surface area contributed by atoms with E-state index in [0.29, 0.717) is 6.54 Å². The molecular formula is C11H23NO2S. The van der Waals surface area contributed by atoms with Crippen LogP contribution in [0.3, 0.4) is 0 Å². The minimum atomic E-state index is -3.03. The summed E-state index contributed by atoms with van der Waals surface area (Å²) in [4.78, 5) is 0. The first-order valence-electron chi connectivity index (χ1n) is 5.87. The molecule has 0 aromatic heterocycles. The minimum absolute atomic E-state index is 0.238. The average Bonchev–Trinajstić information content (AvgIpc) is 2.63. The van der Waals surface area contributed by atoms with Gasteiger partial charge in [0.25, 0.3) is 0 Å². The molecule has 1 aliphatic rings. The monoisotopic (exact) mass is 233 g/mol. The maximum absolute atomic E-state index is 12.0. The molecule has 15 heavy (non-hydrogen) atoms. The third-order valence-corrected chi connectivity index (χ3v) is 6.08. The van der Waals surface area contributed by atoms with Gasteiger partial charge in [0.1, 0.15) is 0 Å². The van der Waals surface area contributed by atoms with Gasteiger partial charge in [0.05, 0.1) is 5.25 Å². The minimum Gasteiger partial charge on any atom is -0.212 e. The maximum Gasteiger partial charge on any atom is 0.216 e. The standard InChI is InChI=1S/C11H23NO2S/c1-5-11(6-2)7-8-12(9-11)15(13,14)10(3)4/h10H,5-9H2,1-4H3. The predicted molar refractivity (Wildman–Crippen MR) is 63.3 cm³/mol. The van der Waals surface area contributed by atoms with E-state index in [2.05, 4.69) is 13.8 Å². The Balaban J connectivity index is 2.80. The summed E-state index contributed by atoms with van der Waals surface area (Å²) >= 11 is 0. The van der Waals surface area contributed by atoms with Crippen molar-refractivity contribution in [3.05, 3.63) is 0 Å². The van der Waals surface area contributed by atoms with Crippen molar-refractivity contribution in [2.45, 2.75) is 52.2 Å². The van der Waals surface area contributed by atoms with Gasteiger partial charge in [-0.3, -0.25) is 0 Å². The summed E-state index contributed by atoms with van der Waals surface area (Å²) in [6.07, 6.45) is 3.17. The van der Waals surface area contributed by atoms with Crippen LogP contribution in [0.2, 0.25) is 0 Å². The molecular weight excluding hydrogens is 210 g/mol. The van der Waals surface area contributed by atoms with Crippen molar-refractivity contribution in [3.8, 4) is 0 Å². The number of rotatable bonds is 4. The van der Waals surface area contributed by atoms with Crippen LogP contribution in [0.1, 0.15) is 47.0 Å². The SMILES string of the molecule is CCC1(CC)CCN(S(=O)(=O)C(C)C)C1. The van der Waals surface area contributed by atoms with Crippen LogP contribution in [-0.4, -0.2) is 31.1 Å². The summed E-state index contributed by atoms with van der Waals surface area (Å²) < 4.78 is 25.6. The van der Waals surface area contributed by atoms with Gasteiger partial charge in [0.2, 0.25) is 10.0 Å². The molecule has 4 heteroatoms. The van der Waals surface area contributed by atoms with Crippen LogP contribution in [0.15, 0.2) is 0 Å². The van der Waals surface area contributed by atoms with Crippen molar-refractivity contribution in [2.24, 2.45) is 5.41 Å². The number of nitrogens with zero attached hydrogens (tertiary/aromatic N) is 1. The lowest BCUT2D eigenvalue weighted by Crippen LogP contribution is -2.36. The Labute approximate surface area is 93.9 Å². The summed E-state index contributed by atoms with van der Waals surface area (Å²) in [7, 11) is -3.03. The quantitative estimate of drug-likeness (QED) is 0.747. The summed E-state index contributed by atoms with van der Waals surface area (Å²) in [5, 5.41) is -0.290. The zero-order valence-corrected chi connectivity index (χ0v) is 11.1. The molecule has 90 valence electrons. The normalized spacial score (nSPS) is 22.5. The molecule has 1 saturated heterocycles. The van der Waals surface area contributed by atoms with Crippen molar-refractivity contribution in [1.82, 2.24) is 4.31 Å². The fraction of sp³-hybridized carbons (Fsp3) is 1.00. The molecule has 0 amide bonds. The molecule has 0 aromatic carbocycles. The van der Waals surface area contributed by atoms with E-state index < -0.39 is 10.0 Å². The highest BCUT2D eigenvalue weighted by Crippen LogP contribution is 2.38. The van der Waals surface area contributed by atoms with E-state index >= 15 is 0 Å². The van der Waals surface area contributed by atoms with Crippen molar-refractivity contribution in [1.29, 1.82) is 0 Å². The lowest BCUT2D eigenvalue weighted by atomic mass is 9.82. The fourth-order valence-corrected chi connectivity index (χ4v) is 3.63. The second kappa shape index (κ2) is 4.42. The molecule has 0 aromatic rings. The van der Waals surface area contributed by atoms with Gasteiger partial charge in [-0.2, -0.15) is 0 Å². The molecule has 0 radical (unpaired) electrons. The molecule has 0 N–H and O–H groups in total. The Morgan fingerprint density at radius 3 is 2.13 bits per heavy atom. The van der Waals surface area contributed by atoms with E-state index in [-0.39, 0.29) is 10.7 Å². The average molecular weight is 233 g/mol. The van der Waals surface area contributed by atoms with Gasteiger partial charge < -0.3 is 0 Å². The first-order chi connectivity index (χ1) is 6.88. The molecule has 3 nitrogen and oxygen atoms in total.